The first-order valence-corrected chi connectivity index (χ1v) is 8.12. The number of hydrogen-bond acceptors (Lipinski definition) is 5. The van der Waals surface area contributed by atoms with E-state index >= 15 is 0 Å². The topological polar surface area (TPSA) is 78.0 Å². The number of hydrogen-bond donors (Lipinski definition) is 2. The summed E-state index contributed by atoms with van der Waals surface area (Å²) in [6, 6.07) is 0.0689. The zero-order valence-corrected chi connectivity index (χ0v) is 13.5. The molecular formula is C15H29N5O. The van der Waals surface area contributed by atoms with Crippen molar-refractivity contribution in [3.05, 3.63) is 12.2 Å². The molecule has 0 spiro atoms. The summed E-state index contributed by atoms with van der Waals surface area (Å²) in [6.45, 7) is 7.98. The van der Waals surface area contributed by atoms with Gasteiger partial charge in [-0.2, -0.15) is 5.10 Å². The van der Waals surface area contributed by atoms with E-state index in [0.717, 1.165) is 37.5 Å². The van der Waals surface area contributed by atoms with Gasteiger partial charge in [-0.25, -0.2) is 4.98 Å². The summed E-state index contributed by atoms with van der Waals surface area (Å²) in [5, 5.41) is 4.24. The van der Waals surface area contributed by atoms with Crippen molar-refractivity contribution in [2.24, 2.45) is 11.8 Å². The van der Waals surface area contributed by atoms with Gasteiger partial charge in [0.2, 0.25) is 0 Å². The van der Waals surface area contributed by atoms with Crippen molar-refractivity contribution in [2.45, 2.75) is 71.1 Å². The summed E-state index contributed by atoms with van der Waals surface area (Å²) >= 11 is 0. The lowest BCUT2D eigenvalue weighted by Crippen LogP contribution is -2.57. The number of rotatable bonds is 7. The lowest BCUT2D eigenvalue weighted by Gasteiger charge is -2.44. The Bertz CT molecular complexity index is 425. The monoisotopic (exact) mass is 295 g/mol. The highest BCUT2D eigenvalue weighted by Crippen LogP contribution is 2.38. The maximum absolute atomic E-state index is 6.19. The number of nitrogens with one attached hydrogen (secondary N) is 1. The molecule has 1 fully saturated rings. The maximum Gasteiger partial charge on any atom is 0.138 e. The summed E-state index contributed by atoms with van der Waals surface area (Å²) in [7, 11) is 0. The van der Waals surface area contributed by atoms with Crippen molar-refractivity contribution in [1.29, 1.82) is 0 Å². The van der Waals surface area contributed by atoms with E-state index in [1.165, 1.54) is 12.8 Å². The number of hydrazine groups is 1. The van der Waals surface area contributed by atoms with E-state index in [1.54, 1.807) is 6.33 Å². The lowest BCUT2D eigenvalue weighted by molar-refractivity contribution is -0.0966. The minimum atomic E-state index is -0.180. The Kier molecular flexibility index (Phi) is 5.72. The van der Waals surface area contributed by atoms with Crippen molar-refractivity contribution in [2.75, 3.05) is 6.61 Å². The van der Waals surface area contributed by atoms with Crippen molar-refractivity contribution in [3.63, 3.8) is 0 Å². The molecule has 1 saturated carbocycles. The van der Waals surface area contributed by atoms with Gasteiger partial charge in [-0.3, -0.25) is 16.0 Å². The van der Waals surface area contributed by atoms with Crippen LogP contribution in [0, 0.1) is 5.92 Å². The van der Waals surface area contributed by atoms with Crippen LogP contribution >= 0.6 is 0 Å². The lowest BCUT2D eigenvalue weighted by atomic mass is 9.74. The molecule has 1 aliphatic rings. The number of aromatic nitrogens is 3. The van der Waals surface area contributed by atoms with Gasteiger partial charge in [0, 0.05) is 19.6 Å². The van der Waals surface area contributed by atoms with Gasteiger partial charge in [0.05, 0.1) is 11.6 Å². The molecule has 0 aliphatic heterocycles. The Morgan fingerprint density at radius 2 is 2.19 bits per heavy atom. The molecule has 3 N–H and O–H groups in total. The molecule has 0 radical (unpaired) electrons. The predicted molar refractivity (Wildman–Crippen MR) is 82.5 cm³/mol. The molecule has 6 heteroatoms. The van der Waals surface area contributed by atoms with Gasteiger partial charge in [-0.1, -0.05) is 6.92 Å². The molecule has 6 nitrogen and oxygen atoms in total. The van der Waals surface area contributed by atoms with E-state index in [2.05, 4.69) is 36.3 Å². The Morgan fingerprint density at radius 1 is 1.48 bits per heavy atom. The largest absolute Gasteiger partial charge is 0.374 e. The summed E-state index contributed by atoms with van der Waals surface area (Å²) in [4.78, 5) is 4.38. The number of nitrogens with two attached hydrogens (primary N) is 1. The molecule has 0 aromatic carbocycles. The van der Waals surface area contributed by atoms with Crippen LogP contribution in [-0.2, 0) is 17.7 Å². The molecule has 1 heterocycles. The Balaban J connectivity index is 2.16. The molecule has 120 valence electrons. The Morgan fingerprint density at radius 3 is 2.76 bits per heavy atom. The number of nitrogens with zero attached hydrogens (tertiary/aromatic N) is 3. The Labute approximate surface area is 127 Å². The van der Waals surface area contributed by atoms with Crippen LogP contribution in [0.1, 0.15) is 52.3 Å². The van der Waals surface area contributed by atoms with Crippen molar-refractivity contribution in [1.82, 2.24) is 20.2 Å². The fraction of sp³-hybridized carbons (Fsp3) is 0.867. The number of ether oxygens (including phenoxy) is 1. The molecular weight excluding hydrogens is 266 g/mol. The van der Waals surface area contributed by atoms with E-state index in [1.807, 2.05) is 4.68 Å². The maximum atomic E-state index is 6.19. The van der Waals surface area contributed by atoms with Crippen LogP contribution in [0.5, 0.6) is 0 Å². The molecule has 1 aromatic rings. The molecule has 2 rings (SSSR count). The van der Waals surface area contributed by atoms with Crippen LogP contribution < -0.4 is 11.3 Å². The summed E-state index contributed by atoms with van der Waals surface area (Å²) in [6.07, 6.45) is 6.85. The second-order valence-corrected chi connectivity index (χ2v) is 6.10. The third-order valence-corrected chi connectivity index (χ3v) is 4.77. The van der Waals surface area contributed by atoms with Crippen LogP contribution in [0.4, 0.5) is 0 Å². The highest BCUT2D eigenvalue weighted by atomic mass is 16.5. The Hall–Kier alpha value is -0.980. The first-order chi connectivity index (χ1) is 10.1. The minimum absolute atomic E-state index is 0.0689. The third kappa shape index (κ3) is 3.62. The predicted octanol–water partition coefficient (Wildman–Crippen LogP) is 1.66. The standard InChI is InChI=1S/C15H29N5O/c1-4-20-14(17-11-18-20)10-13(19-16)15(21-5-2)8-6-12(3)7-9-15/h11-13,19H,4-10,16H2,1-3H3. The first kappa shape index (κ1) is 16.4. The molecule has 21 heavy (non-hydrogen) atoms. The smallest absolute Gasteiger partial charge is 0.138 e. The van der Waals surface area contributed by atoms with Gasteiger partial charge >= 0.3 is 0 Å². The zero-order valence-electron chi connectivity index (χ0n) is 13.5. The van der Waals surface area contributed by atoms with Gasteiger partial charge in [0.15, 0.2) is 0 Å². The summed E-state index contributed by atoms with van der Waals surface area (Å²) in [5.74, 6) is 7.62. The van der Waals surface area contributed by atoms with Crippen molar-refractivity contribution >= 4 is 0 Å². The average Bonchev–Trinajstić information content (AvgIpc) is 2.95. The first-order valence-electron chi connectivity index (χ1n) is 8.12. The van der Waals surface area contributed by atoms with Crippen LogP contribution in [0.3, 0.4) is 0 Å². The molecule has 1 atom stereocenters. The molecule has 1 aliphatic carbocycles. The van der Waals surface area contributed by atoms with E-state index in [9.17, 15) is 0 Å². The molecule has 1 unspecified atom stereocenters. The SMILES string of the molecule is CCOC1(C(Cc2ncnn2CC)NN)CCC(C)CC1. The normalized spacial score (nSPS) is 27.7. The molecule has 0 bridgehead atoms. The van der Waals surface area contributed by atoms with Crippen molar-refractivity contribution < 1.29 is 4.74 Å². The quantitative estimate of drug-likeness (QED) is 0.591. The second-order valence-electron chi connectivity index (χ2n) is 6.10. The van der Waals surface area contributed by atoms with E-state index in [4.69, 9.17) is 10.6 Å². The highest BCUT2D eigenvalue weighted by molar-refractivity contribution is 5.01. The summed E-state index contributed by atoms with van der Waals surface area (Å²) < 4.78 is 8.12. The summed E-state index contributed by atoms with van der Waals surface area (Å²) in [5.41, 5.74) is 2.82. The van der Waals surface area contributed by atoms with Crippen LogP contribution in [0.15, 0.2) is 6.33 Å². The highest BCUT2D eigenvalue weighted by Gasteiger charge is 2.42. The minimum Gasteiger partial charge on any atom is -0.374 e. The number of aryl methyl sites for hydroxylation is 1. The van der Waals surface area contributed by atoms with Gasteiger partial charge in [-0.15, -0.1) is 0 Å². The van der Waals surface area contributed by atoms with Gasteiger partial charge in [0.1, 0.15) is 12.2 Å². The molecule has 1 aromatic heterocycles. The van der Waals surface area contributed by atoms with Crippen LogP contribution in [0.25, 0.3) is 0 Å². The van der Waals surface area contributed by atoms with Gasteiger partial charge in [-0.05, 0) is 45.4 Å². The van der Waals surface area contributed by atoms with Crippen LogP contribution in [0.2, 0.25) is 0 Å². The van der Waals surface area contributed by atoms with E-state index in [-0.39, 0.29) is 11.6 Å². The fourth-order valence-electron chi connectivity index (χ4n) is 3.42. The van der Waals surface area contributed by atoms with Gasteiger partial charge in [0.25, 0.3) is 0 Å². The second kappa shape index (κ2) is 7.33. The van der Waals surface area contributed by atoms with Gasteiger partial charge < -0.3 is 4.74 Å². The van der Waals surface area contributed by atoms with Crippen molar-refractivity contribution in [3.8, 4) is 0 Å². The molecule has 0 saturated heterocycles. The fourth-order valence-corrected chi connectivity index (χ4v) is 3.42. The van der Waals surface area contributed by atoms with Crippen LogP contribution in [-0.4, -0.2) is 33.0 Å². The average molecular weight is 295 g/mol. The van der Waals surface area contributed by atoms with E-state index in [0.29, 0.717) is 6.61 Å². The zero-order chi connectivity index (χ0) is 15.3. The third-order valence-electron chi connectivity index (χ3n) is 4.77. The molecule has 0 amide bonds. The van der Waals surface area contributed by atoms with E-state index < -0.39 is 0 Å².